The van der Waals surface area contributed by atoms with Crippen LogP contribution in [0.3, 0.4) is 0 Å². The van der Waals surface area contributed by atoms with Crippen LogP contribution in [0.25, 0.3) is 11.1 Å². The second-order valence-electron chi connectivity index (χ2n) is 15.8. The second-order valence-corrected chi connectivity index (χ2v) is 20.5. The van der Waals surface area contributed by atoms with Crippen LogP contribution in [0.2, 0.25) is 0 Å². The lowest BCUT2D eigenvalue weighted by Gasteiger charge is -2.36. The highest BCUT2D eigenvalue weighted by molar-refractivity contribution is 7.99. The zero-order valence-electron chi connectivity index (χ0n) is 35.5. The molecule has 20 heteroatoms. The molecule has 1 unspecified atom stereocenters. The average molecular weight is 979 g/mol. The first-order chi connectivity index (χ1) is 31.2. The Morgan fingerprint density at radius 3 is 2.09 bits per heavy atom. The lowest BCUT2D eigenvalue weighted by atomic mass is 9.84. The number of aliphatic hydroxyl groups is 2. The van der Waals surface area contributed by atoms with Gasteiger partial charge in [0.15, 0.2) is 0 Å². The first-order valence-electron chi connectivity index (χ1n) is 20.7. The summed E-state index contributed by atoms with van der Waals surface area (Å²) >= 11 is 1.37. The molecule has 5 aromatic rings. The van der Waals surface area contributed by atoms with Gasteiger partial charge in [0.25, 0.3) is 25.8 Å². The van der Waals surface area contributed by atoms with E-state index in [-0.39, 0.29) is 23.8 Å². The first kappa shape index (κ1) is 50.3. The Kier molecular flexibility index (Phi) is 16.2. The summed E-state index contributed by atoms with van der Waals surface area (Å²) in [5, 5.41) is 23.7. The fraction of sp³-hybridized carbons (Fsp3) is 0.326. The molecule has 1 amide bonds. The number of sulfone groups is 1. The molecule has 1 fully saturated rings. The Labute approximate surface area is 383 Å². The zero-order valence-corrected chi connectivity index (χ0v) is 37.9. The van der Waals surface area contributed by atoms with Gasteiger partial charge in [0.1, 0.15) is 4.90 Å². The van der Waals surface area contributed by atoms with Gasteiger partial charge in [-0.15, -0.1) is 11.8 Å². The van der Waals surface area contributed by atoms with E-state index in [0.29, 0.717) is 73.9 Å². The average Bonchev–Trinajstić information content (AvgIpc) is 3.29. The minimum Gasteiger partial charge on any atom is -0.395 e. The van der Waals surface area contributed by atoms with Gasteiger partial charge in [0, 0.05) is 47.6 Å². The van der Waals surface area contributed by atoms with Crippen LogP contribution in [0, 0.1) is 5.92 Å². The van der Waals surface area contributed by atoms with Crippen molar-refractivity contribution in [2.75, 3.05) is 55.8 Å². The number of piperidine rings is 1. The Morgan fingerprint density at radius 2 is 1.47 bits per heavy atom. The predicted octanol–water partition coefficient (Wildman–Crippen LogP) is 8.62. The molecular weight excluding hydrogens is 931 g/mol. The topological polar surface area (TPSA) is 156 Å². The van der Waals surface area contributed by atoms with Gasteiger partial charge in [-0.05, 0) is 122 Å². The van der Waals surface area contributed by atoms with E-state index in [1.54, 1.807) is 48.3 Å². The van der Waals surface area contributed by atoms with Crippen LogP contribution in [0.1, 0.15) is 46.9 Å². The molecule has 1 aliphatic rings. The van der Waals surface area contributed by atoms with E-state index >= 15 is 0 Å². The summed E-state index contributed by atoms with van der Waals surface area (Å²) in [4.78, 5) is 15.7. The van der Waals surface area contributed by atoms with Crippen LogP contribution in [-0.2, 0) is 26.0 Å². The van der Waals surface area contributed by atoms with Gasteiger partial charge in [-0.1, -0.05) is 54.6 Å². The number of sulfonamides is 1. The van der Waals surface area contributed by atoms with Crippen molar-refractivity contribution in [1.29, 1.82) is 0 Å². The minimum atomic E-state index is -6.12. The maximum absolute atomic E-state index is 14.1. The Morgan fingerprint density at radius 1 is 0.833 bits per heavy atom. The normalized spacial score (nSPS) is 15.1. The summed E-state index contributed by atoms with van der Waals surface area (Å²) in [6.07, 6.45) is -4.00. The second kappa shape index (κ2) is 21.2. The molecule has 2 atom stereocenters. The van der Waals surface area contributed by atoms with Gasteiger partial charge in [0.05, 0.1) is 28.9 Å². The minimum absolute atomic E-state index is 0.112. The summed E-state index contributed by atoms with van der Waals surface area (Å²) in [5.74, 6) is -1.03. The molecule has 1 heterocycles. The largest absolute Gasteiger partial charge is 0.501 e. The van der Waals surface area contributed by atoms with Gasteiger partial charge in [-0.3, -0.25) is 4.79 Å². The van der Waals surface area contributed by atoms with Crippen LogP contribution in [0.4, 0.5) is 37.7 Å². The number of benzene rings is 5. The summed E-state index contributed by atoms with van der Waals surface area (Å²) in [5.41, 5.74) is -4.76. The molecule has 0 bridgehead atoms. The van der Waals surface area contributed by atoms with Crippen LogP contribution < -0.4 is 14.9 Å². The monoisotopic (exact) mass is 978 g/mol. The molecule has 0 aliphatic carbocycles. The van der Waals surface area contributed by atoms with Crippen LogP contribution in [0.15, 0.2) is 136 Å². The SMILES string of the molecule is CN(CCO)CCC(CSc1ccccc1)Nc1ccc(S(=O)(=O)NC(=O)c2ccc(N3CCC([C@H](O)c4ccccc4-c4ccc(C(F)(F)F)cc4)CC3)cc2)cc1S(=O)(=O)C(F)(F)F. The molecule has 11 nitrogen and oxygen atoms in total. The number of amides is 1. The van der Waals surface area contributed by atoms with Crippen molar-refractivity contribution in [3.63, 3.8) is 0 Å². The number of alkyl halides is 6. The highest BCUT2D eigenvalue weighted by Crippen LogP contribution is 2.39. The van der Waals surface area contributed by atoms with Crippen molar-refractivity contribution in [3.05, 3.63) is 138 Å². The number of nitrogens with zero attached hydrogens (tertiary/aromatic N) is 2. The maximum Gasteiger partial charge on any atom is 0.501 e. The third-order valence-corrected chi connectivity index (χ3v) is 15.3. The lowest BCUT2D eigenvalue weighted by Crippen LogP contribution is -2.36. The molecule has 0 spiro atoms. The number of hydrogen-bond donors (Lipinski definition) is 4. The van der Waals surface area contributed by atoms with E-state index in [1.165, 1.54) is 36.0 Å². The number of carbonyl (C=O) groups excluding carboxylic acids is 1. The number of likely N-dealkylation sites (N-methyl/N-ethyl adjacent to an activating group) is 1. The summed E-state index contributed by atoms with van der Waals surface area (Å²) in [6, 6.07) is 28.3. The summed E-state index contributed by atoms with van der Waals surface area (Å²) < 4.78 is 137. The summed E-state index contributed by atoms with van der Waals surface area (Å²) in [6.45, 7) is 1.55. The van der Waals surface area contributed by atoms with Crippen molar-refractivity contribution >= 4 is 48.9 Å². The fourth-order valence-electron chi connectivity index (χ4n) is 7.57. The van der Waals surface area contributed by atoms with Gasteiger partial charge in [-0.2, -0.15) is 26.3 Å². The van der Waals surface area contributed by atoms with Crippen LogP contribution in [0.5, 0.6) is 0 Å². The van der Waals surface area contributed by atoms with Gasteiger partial charge in [0.2, 0.25) is 0 Å². The van der Waals surface area contributed by atoms with Crippen molar-refractivity contribution < 1.29 is 58.2 Å². The van der Waals surface area contributed by atoms with Crippen LogP contribution in [-0.4, -0.2) is 95.0 Å². The number of rotatable bonds is 18. The van der Waals surface area contributed by atoms with Crippen molar-refractivity contribution in [3.8, 4) is 11.1 Å². The highest BCUT2D eigenvalue weighted by atomic mass is 32.2. The third-order valence-electron chi connectivity index (χ3n) is 11.3. The molecule has 0 aromatic heterocycles. The van der Waals surface area contributed by atoms with Gasteiger partial charge in [-0.25, -0.2) is 21.6 Å². The Bertz CT molecular complexity index is 2650. The third kappa shape index (κ3) is 12.4. The number of nitrogens with one attached hydrogen (secondary N) is 2. The van der Waals surface area contributed by atoms with E-state index in [4.69, 9.17) is 0 Å². The number of thioether (sulfide) groups is 1. The first-order valence-corrected chi connectivity index (χ1v) is 24.7. The summed E-state index contributed by atoms with van der Waals surface area (Å²) in [7, 11) is -9.31. The Hall–Kier alpha value is -5.12. The standard InChI is InChI=1S/C46H48F6N4O7S3/c1-55(27-28-57)24-23-35(30-64-37-7-3-2-4-8-37)53-41-20-19-38(29-42(41)65(60,61)46(50,51)52)66(62,63)54-44(59)33-13-17-36(18-14-33)56-25-21-32(22-26-56)43(58)40-10-6-5-9-39(40)31-11-15-34(16-12-31)45(47,48)49/h2-20,29,32,35,43,53,57-58H,21-28,30H2,1H3,(H,54,59)/t35?,43-/m0/s1. The smallest absolute Gasteiger partial charge is 0.395 e. The van der Waals surface area contributed by atoms with E-state index in [0.717, 1.165) is 29.2 Å². The molecule has 1 saturated heterocycles. The number of hydrogen-bond acceptors (Lipinski definition) is 11. The van der Waals surface area contributed by atoms with Crippen LogP contribution >= 0.6 is 11.8 Å². The van der Waals surface area contributed by atoms with E-state index in [2.05, 4.69) is 5.32 Å². The van der Waals surface area contributed by atoms with Gasteiger partial charge < -0.3 is 25.3 Å². The molecule has 6 rings (SSSR count). The van der Waals surface area contributed by atoms with E-state index in [9.17, 15) is 58.2 Å². The number of anilines is 2. The fourth-order valence-corrected chi connectivity index (χ4v) is 10.6. The molecule has 354 valence electrons. The Balaban J connectivity index is 1.13. The molecule has 5 aromatic carbocycles. The number of halogens is 6. The van der Waals surface area contributed by atoms with E-state index < -0.39 is 70.6 Å². The molecule has 1 aliphatic heterocycles. The molecule has 66 heavy (non-hydrogen) atoms. The number of carbonyl (C=O) groups is 1. The molecule has 0 saturated carbocycles. The van der Waals surface area contributed by atoms with Crippen molar-refractivity contribution in [1.82, 2.24) is 9.62 Å². The van der Waals surface area contributed by atoms with Crippen molar-refractivity contribution in [2.24, 2.45) is 5.92 Å². The maximum atomic E-state index is 14.1. The molecule has 4 N–H and O–H groups in total. The van der Waals surface area contributed by atoms with E-state index in [1.807, 2.05) is 40.0 Å². The highest BCUT2D eigenvalue weighted by Gasteiger charge is 2.48. The quantitative estimate of drug-likeness (QED) is 0.0493. The van der Waals surface area contributed by atoms with Crippen molar-refractivity contribution in [2.45, 2.75) is 57.8 Å². The number of aliphatic hydroxyl groups excluding tert-OH is 2. The zero-order chi connectivity index (χ0) is 47.9. The van der Waals surface area contributed by atoms with Gasteiger partial charge >= 0.3 is 11.7 Å². The molecule has 0 radical (unpaired) electrons. The lowest BCUT2D eigenvalue weighted by molar-refractivity contribution is -0.137. The predicted molar refractivity (Wildman–Crippen MR) is 241 cm³/mol. The molecular formula is C46H48F6N4O7S3.